The van der Waals surface area contributed by atoms with Gasteiger partial charge in [0, 0.05) is 23.5 Å². The Balaban J connectivity index is 1.58. The average Bonchev–Trinajstić information content (AvgIpc) is 3.22. The van der Waals surface area contributed by atoms with Crippen LogP contribution in [0.1, 0.15) is 30.1 Å². The minimum absolute atomic E-state index is 0.214. The summed E-state index contributed by atoms with van der Waals surface area (Å²) in [5, 5.41) is 3.06. The zero-order valence-electron chi connectivity index (χ0n) is 15.4. The first kappa shape index (κ1) is 20.6. The van der Waals surface area contributed by atoms with Crippen molar-refractivity contribution in [2.45, 2.75) is 36.9 Å². The summed E-state index contributed by atoms with van der Waals surface area (Å²) >= 11 is 7.34. The lowest BCUT2D eigenvalue weighted by Crippen LogP contribution is -2.30. The molecule has 1 amide bonds. The number of nitrogens with zero attached hydrogens (tertiary/aromatic N) is 1. The molecule has 1 aromatic carbocycles. The van der Waals surface area contributed by atoms with Gasteiger partial charge >= 0.3 is 5.97 Å². The molecule has 1 aliphatic rings. The minimum atomic E-state index is -0.971. The van der Waals surface area contributed by atoms with Gasteiger partial charge in [0.15, 0.2) is 6.10 Å². The van der Waals surface area contributed by atoms with Crippen molar-refractivity contribution in [1.82, 2.24) is 4.98 Å². The molecule has 1 aromatic heterocycles. The molecular formula is C20H21ClN2O4S. The van der Waals surface area contributed by atoms with Crippen molar-refractivity contribution < 1.29 is 19.1 Å². The third-order valence-corrected chi connectivity index (χ3v) is 5.62. The van der Waals surface area contributed by atoms with E-state index < -0.39 is 18.0 Å². The second-order valence-corrected chi connectivity index (χ2v) is 7.84. The molecule has 1 aliphatic heterocycles. The molecule has 8 heteroatoms. The summed E-state index contributed by atoms with van der Waals surface area (Å²) in [6, 6.07) is 10.4. The number of hydrogen-bond acceptors (Lipinski definition) is 6. The van der Waals surface area contributed by atoms with Crippen molar-refractivity contribution in [3.8, 4) is 0 Å². The summed E-state index contributed by atoms with van der Waals surface area (Å²) in [6.07, 6.45) is 2.78. The molecule has 6 nitrogen and oxygen atoms in total. The van der Waals surface area contributed by atoms with E-state index in [0.29, 0.717) is 16.4 Å². The Bertz CT molecular complexity index is 825. The van der Waals surface area contributed by atoms with Gasteiger partial charge in [-0.15, -0.1) is 11.8 Å². The second kappa shape index (κ2) is 9.91. The fourth-order valence-electron chi connectivity index (χ4n) is 2.67. The molecule has 0 spiro atoms. The maximum atomic E-state index is 12.6. The van der Waals surface area contributed by atoms with Crippen LogP contribution in [0.2, 0.25) is 5.02 Å². The lowest BCUT2D eigenvalue weighted by Gasteiger charge is -2.15. The van der Waals surface area contributed by atoms with E-state index in [2.05, 4.69) is 10.3 Å². The first-order valence-corrected chi connectivity index (χ1v) is 10.4. The number of anilines is 1. The van der Waals surface area contributed by atoms with Gasteiger partial charge in [-0.05, 0) is 44.0 Å². The van der Waals surface area contributed by atoms with Crippen LogP contribution >= 0.6 is 23.4 Å². The summed E-state index contributed by atoms with van der Waals surface area (Å²) in [7, 11) is 0. The fraction of sp³-hybridized carbons (Fsp3) is 0.350. The van der Waals surface area contributed by atoms with Crippen LogP contribution in [0.25, 0.3) is 0 Å². The average molecular weight is 421 g/mol. The smallest absolute Gasteiger partial charge is 0.340 e. The number of benzene rings is 1. The minimum Gasteiger partial charge on any atom is -0.449 e. The van der Waals surface area contributed by atoms with Crippen molar-refractivity contribution >= 4 is 41.1 Å². The molecule has 2 heterocycles. The van der Waals surface area contributed by atoms with Crippen LogP contribution in [0, 0.1) is 0 Å². The number of amides is 1. The highest BCUT2D eigenvalue weighted by Crippen LogP contribution is 2.27. The molecule has 1 fully saturated rings. The fourth-order valence-corrected chi connectivity index (χ4v) is 3.90. The number of rotatable bonds is 7. The van der Waals surface area contributed by atoms with Gasteiger partial charge in [0.2, 0.25) is 0 Å². The number of aromatic nitrogens is 1. The van der Waals surface area contributed by atoms with Gasteiger partial charge in [-0.2, -0.15) is 0 Å². The predicted molar refractivity (Wildman–Crippen MR) is 109 cm³/mol. The molecule has 2 atom stereocenters. The van der Waals surface area contributed by atoms with Crippen LogP contribution in [0.15, 0.2) is 47.5 Å². The molecule has 0 saturated carbocycles. The van der Waals surface area contributed by atoms with Crippen LogP contribution < -0.4 is 5.32 Å². The number of carbonyl (C=O) groups is 2. The molecule has 2 aromatic rings. The SMILES string of the molecule is C[C@@H](OC(=O)c1ccccc1SC[C@@H]1CCCO1)C(=O)Nc1ccc(Cl)cn1. The highest BCUT2D eigenvalue weighted by atomic mass is 35.5. The number of nitrogens with one attached hydrogen (secondary N) is 1. The Morgan fingerprint density at radius 2 is 2.18 bits per heavy atom. The summed E-state index contributed by atoms with van der Waals surface area (Å²) in [6.45, 7) is 2.31. The Labute approximate surface area is 173 Å². The number of ether oxygens (including phenoxy) is 2. The van der Waals surface area contributed by atoms with Crippen molar-refractivity contribution in [3.63, 3.8) is 0 Å². The van der Waals surface area contributed by atoms with Gasteiger partial charge < -0.3 is 14.8 Å². The highest BCUT2D eigenvalue weighted by molar-refractivity contribution is 7.99. The molecule has 148 valence electrons. The summed E-state index contributed by atoms with van der Waals surface area (Å²) in [5.74, 6) is 0.113. The molecular weight excluding hydrogens is 400 g/mol. The largest absolute Gasteiger partial charge is 0.449 e. The molecule has 1 N–H and O–H groups in total. The third-order valence-electron chi connectivity index (χ3n) is 4.19. The van der Waals surface area contributed by atoms with Crippen LogP contribution in [0.5, 0.6) is 0 Å². The Morgan fingerprint density at radius 3 is 2.89 bits per heavy atom. The first-order valence-electron chi connectivity index (χ1n) is 9.00. The molecule has 3 rings (SSSR count). The number of thioether (sulfide) groups is 1. The van der Waals surface area contributed by atoms with Crippen molar-refractivity contribution in [3.05, 3.63) is 53.2 Å². The molecule has 0 bridgehead atoms. The van der Waals surface area contributed by atoms with E-state index in [1.165, 1.54) is 13.1 Å². The maximum absolute atomic E-state index is 12.6. The zero-order chi connectivity index (χ0) is 19.9. The van der Waals surface area contributed by atoms with Crippen LogP contribution in [-0.4, -0.2) is 41.4 Å². The molecule has 28 heavy (non-hydrogen) atoms. The van der Waals surface area contributed by atoms with Crippen molar-refractivity contribution in [2.24, 2.45) is 0 Å². The maximum Gasteiger partial charge on any atom is 0.340 e. The van der Waals surface area contributed by atoms with Crippen LogP contribution in [-0.2, 0) is 14.3 Å². The van der Waals surface area contributed by atoms with E-state index >= 15 is 0 Å². The Kier molecular flexibility index (Phi) is 7.30. The third kappa shape index (κ3) is 5.70. The zero-order valence-corrected chi connectivity index (χ0v) is 17.0. The number of carbonyl (C=O) groups excluding carboxylic acids is 2. The normalized spacial score (nSPS) is 17.1. The Hall–Kier alpha value is -2.09. The van der Waals surface area contributed by atoms with E-state index in [9.17, 15) is 9.59 Å². The predicted octanol–water partition coefficient (Wildman–Crippen LogP) is 4.19. The molecule has 0 aliphatic carbocycles. The van der Waals surface area contributed by atoms with Gasteiger partial charge in [0.05, 0.1) is 16.7 Å². The number of esters is 1. The van der Waals surface area contributed by atoms with Gasteiger partial charge in [0.25, 0.3) is 5.91 Å². The molecule has 1 saturated heterocycles. The summed E-state index contributed by atoms with van der Waals surface area (Å²) in [5.41, 5.74) is 0.440. The first-order chi connectivity index (χ1) is 13.5. The van der Waals surface area contributed by atoms with Gasteiger partial charge in [-0.25, -0.2) is 9.78 Å². The quantitative estimate of drug-likeness (QED) is 0.534. The molecule has 0 radical (unpaired) electrons. The lowest BCUT2D eigenvalue weighted by atomic mass is 10.2. The highest BCUT2D eigenvalue weighted by Gasteiger charge is 2.22. The number of hydrogen-bond donors (Lipinski definition) is 1. The van der Waals surface area contributed by atoms with Gasteiger partial charge in [0.1, 0.15) is 5.82 Å². The van der Waals surface area contributed by atoms with E-state index in [-0.39, 0.29) is 6.10 Å². The second-order valence-electron chi connectivity index (χ2n) is 6.34. The van der Waals surface area contributed by atoms with E-state index in [1.807, 2.05) is 12.1 Å². The monoisotopic (exact) mass is 420 g/mol. The van der Waals surface area contributed by atoms with Gasteiger partial charge in [-0.3, -0.25) is 4.79 Å². The van der Waals surface area contributed by atoms with E-state index in [1.54, 1.807) is 36.0 Å². The van der Waals surface area contributed by atoms with E-state index in [4.69, 9.17) is 21.1 Å². The topological polar surface area (TPSA) is 77.5 Å². The van der Waals surface area contributed by atoms with Crippen molar-refractivity contribution in [2.75, 3.05) is 17.7 Å². The molecule has 0 unspecified atom stereocenters. The number of pyridine rings is 1. The Morgan fingerprint density at radius 1 is 1.36 bits per heavy atom. The van der Waals surface area contributed by atoms with Crippen molar-refractivity contribution in [1.29, 1.82) is 0 Å². The lowest BCUT2D eigenvalue weighted by molar-refractivity contribution is -0.123. The van der Waals surface area contributed by atoms with Gasteiger partial charge in [-0.1, -0.05) is 23.7 Å². The summed E-state index contributed by atoms with van der Waals surface area (Å²) < 4.78 is 11.0. The van der Waals surface area contributed by atoms with Crippen LogP contribution in [0.3, 0.4) is 0 Å². The summed E-state index contributed by atoms with van der Waals surface area (Å²) in [4.78, 5) is 29.7. The standard InChI is InChI=1S/C20H21ClN2O4S/c1-13(19(24)23-18-9-8-14(21)11-22-18)27-20(25)16-6-2-3-7-17(16)28-12-15-5-4-10-26-15/h2-3,6-9,11,13,15H,4-5,10,12H2,1H3,(H,22,23,24)/t13-,15+/m1/s1. The van der Waals surface area contributed by atoms with E-state index in [0.717, 1.165) is 30.1 Å². The number of halogens is 1. The van der Waals surface area contributed by atoms with Crippen LogP contribution in [0.4, 0.5) is 5.82 Å².